The van der Waals surface area contributed by atoms with E-state index in [2.05, 4.69) is 62.4 Å². The molecule has 2 heterocycles. The van der Waals surface area contributed by atoms with Crippen molar-refractivity contribution >= 4 is 45.1 Å². The lowest BCUT2D eigenvalue weighted by Crippen LogP contribution is -2.36. The SMILES string of the molecule is CC(/C=C1\Sc2ccc(C)cc2N1CCF)=C\c1sc2ccc(C)cc2[n+]1CCF. The van der Waals surface area contributed by atoms with Crippen molar-refractivity contribution in [1.29, 1.82) is 0 Å². The van der Waals surface area contributed by atoms with Crippen LogP contribution in [0.5, 0.6) is 0 Å². The highest BCUT2D eigenvalue weighted by atomic mass is 32.2. The number of anilines is 1. The van der Waals surface area contributed by atoms with Gasteiger partial charge < -0.3 is 4.90 Å². The highest BCUT2D eigenvalue weighted by Gasteiger charge is 2.25. The van der Waals surface area contributed by atoms with Crippen molar-refractivity contribution in [3.63, 3.8) is 0 Å². The third-order valence-electron chi connectivity index (χ3n) is 5.09. The number of benzene rings is 2. The van der Waals surface area contributed by atoms with Crippen LogP contribution in [0.25, 0.3) is 16.3 Å². The molecule has 2 aromatic carbocycles. The summed E-state index contributed by atoms with van der Waals surface area (Å²) in [7, 11) is 0. The van der Waals surface area contributed by atoms with E-state index < -0.39 is 13.3 Å². The molecule has 0 radical (unpaired) electrons. The predicted molar refractivity (Wildman–Crippen MR) is 125 cm³/mol. The molecule has 0 atom stereocenters. The van der Waals surface area contributed by atoms with Crippen LogP contribution < -0.4 is 9.47 Å². The maximum Gasteiger partial charge on any atom is 0.263 e. The summed E-state index contributed by atoms with van der Waals surface area (Å²) < 4.78 is 29.7. The van der Waals surface area contributed by atoms with E-state index in [1.807, 2.05) is 16.4 Å². The standard InChI is InChI=1S/C24H25F2N2S2/c1-16-4-6-21-19(12-16)27(10-8-25)23(29-21)14-18(3)15-24-28(11-9-26)20-13-17(2)5-7-22(20)30-24/h4-7,12-15H,8-11H2,1-3H3/q+1. The zero-order valence-electron chi connectivity index (χ0n) is 17.4. The molecule has 4 rings (SSSR count). The normalized spacial score (nSPS) is 15.4. The molecule has 3 aromatic rings. The number of hydrogen-bond donors (Lipinski definition) is 0. The topological polar surface area (TPSA) is 7.12 Å². The Morgan fingerprint density at radius 2 is 1.83 bits per heavy atom. The van der Waals surface area contributed by atoms with Gasteiger partial charge in [-0.05, 0) is 61.7 Å². The van der Waals surface area contributed by atoms with Gasteiger partial charge in [0.1, 0.15) is 18.0 Å². The van der Waals surface area contributed by atoms with Gasteiger partial charge in [0.2, 0.25) is 5.52 Å². The second-order valence-corrected chi connectivity index (χ2v) is 9.66. The highest BCUT2D eigenvalue weighted by molar-refractivity contribution is 8.03. The van der Waals surface area contributed by atoms with Gasteiger partial charge >= 0.3 is 0 Å². The van der Waals surface area contributed by atoms with Gasteiger partial charge in [-0.25, -0.2) is 8.78 Å². The fourth-order valence-electron chi connectivity index (χ4n) is 3.70. The number of alkyl halides is 2. The van der Waals surface area contributed by atoms with E-state index in [1.54, 1.807) is 23.1 Å². The van der Waals surface area contributed by atoms with Gasteiger partial charge in [-0.1, -0.05) is 35.2 Å². The van der Waals surface area contributed by atoms with Crippen LogP contribution in [0.15, 0.2) is 58.0 Å². The maximum atomic E-state index is 13.3. The quantitative estimate of drug-likeness (QED) is 0.396. The van der Waals surface area contributed by atoms with Crippen LogP contribution in [-0.2, 0) is 6.54 Å². The molecule has 0 bridgehead atoms. The summed E-state index contributed by atoms with van der Waals surface area (Å²) in [5, 5.41) is 2.05. The monoisotopic (exact) mass is 443 g/mol. The number of allylic oxidation sites excluding steroid dienone is 2. The molecule has 0 unspecified atom stereocenters. The number of fused-ring (bicyclic) bond motifs is 2. The summed E-state index contributed by atoms with van der Waals surface area (Å²) in [5.74, 6) is 0. The number of rotatable bonds is 6. The van der Waals surface area contributed by atoms with E-state index >= 15 is 0 Å². The van der Waals surface area contributed by atoms with Crippen LogP contribution in [0, 0.1) is 13.8 Å². The third kappa shape index (κ3) is 4.16. The lowest BCUT2D eigenvalue weighted by molar-refractivity contribution is -0.668. The minimum Gasteiger partial charge on any atom is -0.332 e. The summed E-state index contributed by atoms with van der Waals surface area (Å²) in [6, 6.07) is 12.6. The molecule has 1 aliphatic heterocycles. The van der Waals surface area contributed by atoms with Crippen LogP contribution in [0.3, 0.4) is 0 Å². The average Bonchev–Trinajstić information content (AvgIpc) is 3.20. The Labute approximate surface area is 184 Å². The first-order valence-electron chi connectivity index (χ1n) is 10.0. The lowest BCUT2D eigenvalue weighted by atomic mass is 10.2. The van der Waals surface area contributed by atoms with Crippen LogP contribution in [0.2, 0.25) is 0 Å². The Kier molecular flexibility index (Phi) is 6.25. The molecule has 30 heavy (non-hydrogen) atoms. The fourth-order valence-corrected chi connectivity index (χ4v) is 6.06. The van der Waals surface area contributed by atoms with E-state index in [1.165, 1.54) is 11.1 Å². The summed E-state index contributed by atoms with van der Waals surface area (Å²) in [5.41, 5.74) is 5.53. The van der Waals surface area contributed by atoms with Gasteiger partial charge in [-0.15, -0.1) is 0 Å². The Bertz CT molecular complexity index is 1150. The van der Waals surface area contributed by atoms with E-state index in [4.69, 9.17) is 0 Å². The number of aryl methyl sites for hydroxylation is 3. The molecule has 0 saturated heterocycles. The Balaban J connectivity index is 1.72. The smallest absolute Gasteiger partial charge is 0.263 e. The molecule has 0 fully saturated rings. The molecule has 0 amide bonds. The number of nitrogens with zero attached hydrogens (tertiary/aromatic N) is 2. The zero-order chi connectivity index (χ0) is 21.3. The molecule has 0 spiro atoms. The Morgan fingerprint density at radius 1 is 1.07 bits per heavy atom. The van der Waals surface area contributed by atoms with Gasteiger partial charge in [0.15, 0.2) is 6.54 Å². The first-order chi connectivity index (χ1) is 14.5. The zero-order valence-corrected chi connectivity index (χ0v) is 19.0. The van der Waals surface area contributed by atoms with Gasteiger partial charge in [-0.3, -0.25) is 0 Å². The van der Waals surface area contributed by atoms with Gasteiger partial charge in [0.25, 0.3) is 5.01 Å². The van der Waals surface area contributed by atoms with E-state index in [0.717, 1.165) is 36.4 Å². The second kappa shape index (κ2) is 8.90. The van der Waals surface area contributed by atoms with Gasteiger partial charge in [0, 0.05) is 17.0 Å². The van der Waals surface area contributed by atoms with Gasteiger partial charge in [-0.2, -0.15) is 4.57 Å². The number of halogens is 2. The van der Waals surface area contributed by atoms with Crippen molar-refractivity contribution in [2.24, 2.45) is 0 Å². The van der Waals surface area contributed by atoms with Crippen LogP contribution in [0.4, 0.5) is 14.5 Å². The van der Waals surface area contributed by atoms with Crippen molar-refractivity contribution in [2.75, 3.05) is 24.8 Å². The van der Waals surface area contributed by atoms with Crippen LogP contribution in [0.1, 0.15) is 23.1 Å². The van der Waals surface area contributed by atoms with E-state index in [9.17, 15) is 8.78 Å². The molecular weight excluding hydrogens is 418 g/mol. The minimum absolute atomic E-state index is 0.340. The molecule has 0 N–H and O–H groups in total. The minimum atomic E-state index is -0.403. The molecule has 1 aromatic heterocycles. The van der Waals surface area contributed by atoms with Crippen molar-refractivity contribution in [3.05, 3.63) is 69.2 Å². The number of thioether (sulfide) groups is 1. The largest absolute Gasteiger partial charge is 0.332 e. The van der Waals surface area contributed by atoms with Crippen molar-refractivity contribution < 1.29 is 13.3 Å². The molecule has 0 aliphatic carbocycles. The highest BCUT2D eigenvalue weighted by Crippen LogP contribution is 2.46. The molecule has 0 saturated carbocycles. The summed E-state index contributed by atoms with van der Waals surface area (Å²) >= 11 is 3.34. The molecule has 1 aliphatic rings. The average molecular weight is 444 g/mol. The maximum absolute atomic E-state index is 13.3. The first-order valence-corrected chi connectivity index (χ1v) is 11.6. The molecule has 156 valence electrons. The van der Waals surface area contributed by atoms with Crippen molar-refractivity contribution in [3.8, 4) is 0 Å². The molecule has 2 nitrogen and oxygen atoms in total. The van der Waals surface area contributed by atoms with Gasteiger partial charge in [0.05, 0.1) is 17.3 Å². The lowest BCUT2D eigenvalue weighted by Gasteiger charge is -2.19. The third-order valence-corrected chi connectivity index (χ3v) is 7.32. The Hall–Kier alpha value is -2.18. The predicted octanol–water partition coefficient (Wildman–Crippen LogP) is 6.60. The number of aromatic nitrogens is 1. The van der Waals surface area contributed by atoms with E-state index in [-0.39, 0.29) is 0 Å². The number of hydrogen-bond acceptors (Lipinski definition) is 3. The summed E-state index contributed by atoms with van der Waals surface area (Å²) in [4.78, 5) is 3.20. The molecular formula is C24H25F2N2S2+. The van der Waals surface area contributed by atoms with Crippen molar-refractivity contribution in [1.82, 2.24) is 0 Å². The van der Waals surface area contributed by atoms with Crippen LogP contribution >= 0.6 is 23.1 Å². The second-order valence-electron chi connectivity index (χ2n) is 7.54. The van der Waals surface area contributed by atoms with E-state index in [0.29, 0.717) is 13.1 Å². The fraction of sp³-hybridized carbons (Fsp3) is 0.292. The van der Waals surface area contributed by atoms with Crippen molar-refractivity contribution in [2.45, 2.75) is 32.2 Å². The summed E-state index contributed by atoms with van der Waals surface area (Å²) in [6.45, 7) is 6.03. The molecule has 6 heteroatoms. The van der Waals surface area contributed by atoms with Crippen LogP contribution in [-0.4, -0.2) is 19.9 Å². The Morgan fingerprint density at radius 3 is 2.60 bits per heavy atom. The first kappa shape index (κ1) is 21.1. The summed E-state index contributed by atoms with van der Waals surface area (Å²) in [6.07, 6.45) is 4.20. The number of thiazole rings is 1.